The first-order chi connectivity index (χ1) is 15.7. The molecule has 0 aromatic heterocycles. The molecule has 1 atom stereocenters. The molecule has 1 N–H and O–H groups in total. The minimum absolute atomic E-state index is 0.0121. The number of nitro groups is 1. The fraction of sp³-hybridized carbons (Fsp3) is 0.304. The van der Waals surface area contributed by atoms with Gasteiger partial charge in [-0.25, -0.2) is 9.91 Å². The van der Waals surface area contributed by atoms with Gasteiger partial charge in [-0.15, -0.1) is 0 Å². The largest absolute Gasteiger partial charge is 0.274 e. The van der Waals surface area contributed by atoms with Crippen LogP contribution in [-0.4, -0.2) is 39.6 Å². The van der Waals surface area contributed by atoms with Crippen LogP contribution in [0.5, 0.6) is 0 Å². The molecule has 1 fully saturated rings. The van der Waals surface area contributed by atoms with E-state index in [0.29, 0.717) is 11.3 Å². The van der Waals surface area contributed by atoms with E-state index in [9.17, 15) is 29.3 Å². The van der Waals surface area contributed by atoms with Gasteiger partial charge in [0.25, 0.3) is 17.5 Å². The van der Waals surface area contributed by atoms with E-state index in [1.54, 1.807) is 26.0 Å². The Labute approximate surface area is 190 Å². The lowest BCUT2D eigenvalue weighted by Crippen LogP contribution is -2.54. The van der Waals surface area contributed by atoms with Gasteiger partial charge in [0, 0.05) is 18.6 Å². The summed E-state index contributed by atoms with van der Waals surface area (Å²) in [5.74, 6) is -2.49. The van der Waals surface area contributed by atoms with Crippen molar-refractivity contribution in [2.45, 2.75) is 46.1 Å². The quantitative estimate of drug-likeness (QED) is 0.407. The molecule has 0 radical (unpaired) electrons. The molecule has 10 heteroatoms. The van der Waals surface area contributed by atoms with Crippen LogP contribution in [0.3, 0.4) is 0 Å². The third-order valence-corrected chi connectivity index (χ3v) is 5.51. The predicted molar refractivity (Wildman–Crippen MR) is 119 cm³/mol. The molecule has 0 aliphatic carbocycles. The van der Waals surface area contributed by atoms with Crippen molar-refractivity contribution in [3.63, 3.8) is 0 Å². The number of nitrogens with zero attached hydrogens (tertiary/aromatic N) is 3. The van der Waals surface area contributed by atoms with E-state index in [1.807, 2.05) is 19.1 Å². The number of hydrogen-bond acceptors (Lipinski definition) is 6. The standard InChI is InChI=1S/C23H24N4O6/c1-4-15-7-10-16(11-8-15)25-21(29)13-19(23(25)31)26(20(28)5-2)24-22(30)18-12-17(27(32)33)9-6-14(18)3/h6-12,19H,4-5,13H2,1-3H3,(H,24,30). The Morgan fingerprint density at radius 2 is 1.82 bits per heavy atom. The third-order valence-electron chi connectivity index (χ3n) is 5.51. The minimum Gasteiger partial charge on any atom is -0.274 e. The number of imide groups is 1. The van der Waals surface area contributed by atoms with Crippen LogP contribution in [0.25, 0.3) is 0 Å². The summed E-state index contributed by atoms with van der Waals surface area (Å²) >= 11 is 0. The Hall–Kier alpha value is -4.08. The van der Waals surface area contributed by atoms with Crippen LogP contribution < -0.4 is 10.3 Å². The number of rotatable bonds is 6. The first-order valence-electron chi connectivity index (χ1n) is 10.5. The second-order valence-corrected chi connectivity index (χ2v) is 7.62. The van der Waals surface area contributed by atoms with Crippen molar-refractivity contribution in [3.05, 3.63) is 69.3 Å². The molecule has 1 aliphatic rings. The van der Waals surface area contributed by atoms with Gasteiger partial charge in [-0.2, -0.15) is 0 Å². The molecule has 2 aromatic rings. The average Bonchev–Trinajstić information content (AvgIpc) is 3.10. The molecule has 1 aliphatic heterocycles. The van der Waals surface area contributed by atoms with E-state index in [-0.39, 0.29) is 24.1 Å². The maximum absolute atomic E-state index is 13.1. The van der Waals surface area contributed by atoms with Gasteiger partial charge < -0.3 is 0 Å². The summed E-state index contributed by atoms with van der Waals surface area (Å²) in [4.78, 5) is 62.8. The highest BCUT2D eigenvalue weighted by atomic mass is 16.6. The summed E-state index contributed by atoms with van der Waals surface area (Å²) in [6.07, 6.45) is 0.471. The molecule has 33 heavy (non-hydrogen) atoms. The van der Waals surface area contributed by atoms with Crippen LogP contribution >= 0.6 is 0 Å². The Bertz CT molecular complexity index is 1130. The van der Waals surface area contributed by atoms with Gasteiger partial charge in [0.1, 0.15) is 6.04 Å². The normalized spacial score (nSPS) is 15.5. The van der Waals surface area contributed by atoms with E-state index in [2.05, 4.69) is 5.43 Å². The van der Waals surface area contributed by atoms with Crippen molar-refractivity contribution in [1.29, 1.82) is 0 Å². The minimum atomic E-state index is -1.22. The third kappa shape index (κ3) is 4.74. The van der Waals surface area contributed by atoms with E-state index < -0.39 is 34.6 Å². The lowest BCUT2D eigenvalue weighted by atomic mass is 10.1. The average molecular weight is 452 g/mol. The van der Waals surface area contributed by atoms with E-state index in [0.717, 1.165) is 28.0 Å². The second-order valence-electron chi connectivity index (χ2n) is 7.62. The van der Waals surface area contributed by atoms with Crippen LogP contribution in [-0.2, 0) is 20.8 Å². The SMILES string of the molecule is CCC(=O)N(NC(=O)c1cc([N+](=O)[O-])ccc1C)C1CC(=O)N(c2ccc(CC)cc2)C1=O. The highest BCUT2D eigenvalue weighted by Gasteiger charge is 2.45. The summed E-state index contributed by atoms with van der Waals surface area (Å²) in [6, 6.07) is 9.51. The molecule has 3 rings (SSSR count). The van der Waals surface area contributed by atoms with E-state index in [1.165, 1.54) is 12.1 Å². The van der Waals surface area contributed by atoms with Gasteiger partial charge in [-0.1, -0.05) is 32.0 Å². The summed E-state index contributed by atoms with van der Waals surface area (Å²) in [5.41, 5.74) is 3.97. The molecule has 0 spiro atoms. The Morgan fingerprint density at radius 1 is 1.15 bits per heavy atom. The van der Waals surface area contributed by atoms with Crippen molar-refractivity contribution in [3.8, 4) is 0 Å². The topological polar surface area (TPSA) is 130 Å². The zero-order valence-corrected chi connectivity index (χ0v) is 18.5. The highest BCUT2D eigenvalue weighted by Crippen LogP contribution is 2.26. The van der Waals surface area contributed by atoms with Crippen LogP contribution in [0, 0.1) is 17.0 Å². The zero-order chi connectivity index (χ0) is 24.3. The zero-order valence-electron chi connectivity index (χ0n) is 18.5. The summed E-state index contributed by atoms with van der Waals surface area (Å²) in [7, 11) is 0. The molecule has 1 heterocycles. The molecule has 10 nitrogen and oxygen atoms in total. The molecular weight excluding hydrogens is 428 g/mol. The Kier molecular flexibility index (Phi) is 6.86. The molecule has 0 bridgehead atoms. The lowest BCUT2D eigenvalue weighted by molar-refractivity contribution is -0.384. The van der Waals surface area contributed by atoms with Gasteiger partial charge in [0.15, 0.2) is 0 Å². The number of hydrogen-bond donors (Lipinski definition) is 1. The van der Waals surface area contributed by atoms with Crippen LogP contribution in [0.15, 0.2) is 42.5 Å². The molecule has 4 amide bonds. The van der Waals surface area contributed by atoms with Crippen LogP contribution in [0.1, 0.15) is 48.2 Å². The van der Waals surface area contributed by atoms with Crippen molar-refractivity contribution in [1.82, 2.24) is 10.4 Å². The van der Waals surface area contributed by atoms with Gasteiger partial charge in [0.2, 0.25) is 11.8 Å². The lowest BCUT2D eigenvalue weighted by Gasteiger charge is -2.27. The molecule has 2 aromatic carbocycles. The molecule has 1 saturated heterocycles. The predicted octanol–water partition coefficient (Wildman–Crippen LogP) is 2.68. The first kappa shape index (κ1) is 23.6. The number of carbonyl (C=O) groups is 4. The Morgan fingerprint density at radius 3 is 2.39 bits per heavy atom. The summed E-state index contributed by atoms with van der Waals surface area (Å²) in [5, 5.41) is 11.9. The van der Waals surface area contributed by atoms with E-state index >= 15 is 0 Å². The van der Waals surface area contributed by atoms with Gasteiger partial charge in [-0.3, -0.25) is 34.7 Å². The number of aryl methyl sites for hydroxylation is 2. The van der Waals surface area contributed by atoms with Crippen molar-refractivity contribution in [2.24, 2.45) is 0 Å². The maximum Gasteiger partial charge on any atom is 0.270 e. The highest BCUT2D eigenvalue weighted by molar-refractivity contribution is 6.23. The van der Waals surface area contributed by atoms with Crippen molar-refractivity contribution in [2.75, 3.05) is 4.90 Å². The first-order valence-corrected chi connectivity index (χ1v) is 10.5. The number of hydrazine groups is 1. The fourth-order valence-corrected chi connectivity index (χ4v) is 3.59. The fourth-order valence-electron chi connectivity index (χ4n) is 3.59. The van der Waals surface area contributed by atoms with Crippen molar-refractivity contribution >= 4 is 35.0 Å². The molecular formula is C23H24N4O6. The number of non-ortho nitro benzene ring substituents is 1. The molecule has 0 saturated carbocycles. The summed E-state index contributed by atoms with van der Waals surface area (Å²) < 4.78 is 0. The monoisotopic (exact) mass is 452 g/mol. The van der Waals surface area contributed by atoms with Gasteiger partial charge in [-0.05, 0) is 36.6 Å². The van der Waals surface area contributed by atoms with Gasteiger partial charge in [0.05, 0.1) is 22.6 Å². The van der Waals surface area contributed by atoms with Gasteiger partial charge >= 0.3 is 0 Å². The molecule has 172 valence electrons. The van der Waals surface area contributed by atoms with Crippen LogP contribution in [0.4, 0.5) is 11.4 Å². The number of carbonyl (C=O) groups excluding carboxylic acids is 4. The number of nitrogens with one attached hydrogen (secondary N) is 1. The maximum atomic E-state index is 13.1. The number of benzene rings is 2. The summed E-state index contributed by atoms with van der Waals surface area (Å²) in [6.45, 7) is 5.14. The van der Waals surface area contributed by atoms with Crippen molar-refractivity contribution < 1.29 is 24.1 Å². The number of anilines is 1. The number of nitro benzene ring substituents is 1. The van der Waals surface area contributed by atoms with E-state index in [4.69, 9.17) is 0 Å². The molecule has 1 unspecified atom stereocenters. The van der Waals surface area contributed by atoms with Crippen LogP contribution in [0.2, 0.25) is 0 Å². The Balaban J connectivity index is 1.89. The number of amides is 4. The second kappa shape index (κ2) is 9.60. The smallest absolute Gasteiger partial charge is 0.270 e.